The van der Waals surface area contributed by atoms with Gasteiger partial charge in [0.15, 0.2) is 0 Å². The fourth-order valence-electron chi connectivity index (χ4n) is 0. The molecule has 0 radical (unpaired) electrons. The first-order chi connectivity index (χ1) is 6.29. The highest BCUT2D eigenvalue weighted by Gasteiger charge is 1.99. The van der Waals surface area contributed by atoms with Crippen LogP contribution in [0.4, 0.5) is 0 Å². The third-order valence-corrected chi connectivity index (χ3v) is 0.988. The molecule has 0 aliphatic rings. The SMILES string of the molecule is CC(C)C(=O)O.CC(C)C(=O)O.NN. The fraction of sp³-hybridized carbons (Fsp3) is 0.750. The van der Waals surface area contributed by atoms with Crippen LogP contribution in [0.2, 0.25) is 0 Å². The van der Waals surface area contributed by atoms with Crippen LogP contribution in [-0.2, 0) is 9.59 Å². The van der Waals surface area contributed by atoms with Crippen molar-refractivity contribution in [2.45, 2.75) is 27.7 Å². The molecule has 0 aromatic heterocycles. The Bertz CT molecular complexity index is 139. The van der Waals surface area contributed by atoms with Crippen molar-refractivity contribution >= 4 is 11.9 Å². The molecule has 0 aliphatic carbocycles. The van der Waals surface area contributed by atoms with E-state index < -0.39 is 11.9 Å². The van der Waals surface area contributed by atoms with Gasteiger partial charge in [-0.05, 0) is 0 Å². The van der Waals surface area contributed by atoms with Crippen molar-refractivity contribution in [2.75, 3.05) is 0 Å². The van der Waals surface area contributed by atoms with E-state index in [1.54, 1.807) is 27.7 Å². The summed E-state index contributed by atoms with van der Waals surface area (Å²) in [6.45, 7) is 6.56. The van der Waals surface area contributed by atoms with Crippen LogP contribution < -0.4 is 11.7 Å². The molecule has 0 spiro atoms. The maximum absolute atomic E-state index is 9.70. The normalized spacial score (nSPS) is 8.29. The van der Waals surface area contributed by atoms with E-state index in [1.807, 2.05) is 0 Å². The summed E-state index contributed by atoms with van der Waals surface area (Å²) in [7, 11) is 0. The lowest BCUT2D eigenvalue weighted by Crippen LogP contribution is -2.03. The molecule has 0 saturated carbocycles. The van der Waals surface area contributed by atoms with Crippen molar-refractivity contribution in [1.82, 2.24) is 0 Å². The Morgan fingerprint density at radius 1 is 0.857 bits per heavy atom. The van der Waals surface area contributed by atoms with Crippen LogP contribution in [0.25, 0.3) is 0 Å². The predicted octanol–water partition coefficient (Wildman–Crippen LogP) is 0.273. The largest absolute Gasteiger partial charge is 0.481 e. The van der Waals surface area contributed by atoms with E-state index >= 15 is 0 Å². The van der Waals surface area contributed by atoms with E-state index in [1.165, 1.54) is 0 Å². The van der Waals surface area contributed by atoms with Crippen molar-refractivity contribution in [3.8, 4) is 0 Å². The van der Waals surface area contributed by atoms with Gasteiger partial charge < -0.3 is 10.2 Å². The Morgan fingerprint density at radius 2 is 0.929 bits per heavy atom. The fourth-order valence-corrected chi connectivity index (χ4v) is 0. The van der Waals surface area contributed by atoms with Crippen molar-refractivity contribution in [1.29, 1.82) is 0 Å². The third kappa shape index (κ3) is 22.4. The van der Waals surface area contributed by atoms with Gasteiger partial charge in [0.1, 0.15) is 0 Å². The van der Waals surface area contributed by atoms with Gasteiger partial charge in [0, 0.05) is 0 Å². The second-order valence-corrected chi connectivity index (χ2v) is 2.99. The molecule has 86 valence electrons. The second-order valence-electron chi connectivity index (χ2n) is 2.99. The van der Waals surface area contributed by atoms with Gasteiger partial charge in [-0.15, -0.1) is 0 Å². The Morgan fingerprint density at radius 3 is 0.929 bits per heavy atom. The molecule has 6 nitrogen and oxygen atoms in total. The van der Waals surface area contributed by atoms with E-state index in [0.717, 1.165) is 0 Å². The lowest BCUT2D eigenvalue weighted by Gasteiger charge is -1.89. The standard InChI is InChI=1S/2C4H8O2.H4N2/c2*1-3(2)4(5)6;1-2/h2*3H,1-2H3,(H,5,6);1-2H2. The lowest BCUT2D eigenvalue weighted by molar-refractivity contribution is -0.141. The smallest absolute Gasteiger partial charge is 0.305 e. The van der Waals surface area contributed by atoms with Crippen LogP contribution in [0.3, 0.4) is 0 Å². The Hall–Kier alpha value is -1.14. The number of carboxylic acid groups (broad SMARTS) is 2. The van der Waals surface area contributed by atoms with Crippen LogP contribution in [0.1, 0.15) is 27.7 Å². The molecule has 0 fully saturated rings. The van der Waals surface area contributed by atoms with Crippen molar-refractivity contribution in [3.63, 3.8) is 0 Å². The first-order valence-corrected chi connectivity index (χ1v) is 4.08. The highest BCUT2D eigenvalue weighted by Crippen LogP contribution is 1.87. The summed E-state index contributed by atoms with van der Waals surface area (Å²) < 4.78 is 0. The highest BCUT2D eigenvalue weighted by molar-refractivity contribution is 5.69. The van der Waals surface area contributed by atoms with E-state index in [9.17, 15) is 9.59 Å². The zero-order valence-electron chi connectivity index (χ0n) is 9.02. The summed E-state index contributed by atoms with van der Waals surface area (Å²) in [5.41, 5.74) is 0. The second kappa shape index (κ2) is 11.9. The number of carbonyl (C=O) groups is 2. The number of hydrogen-bond acceptors (Lipinski definition) is 4. The number of rotatable bonds is 2. The van der Waals surface area contributed by atoms with Gasteiger partial charge in [-0.25, -0.2) is 0 Å². The molecule has 0 rings (SSSR count). The monoisotopic (exact) mass is 208 g/mol. The number of hydrogen-bond donors (Lipinski definition) is 4. The number of carboxylic acids is 2. The summed E-state index contributed by atoms with van der Waals surface area (Å²) in [6.07, 6.45) is 0. The van der Waals surface area contributed by atoms with E-state index in [-0.39, 0.29) is 11.8 Å². The molecule has 6 N–H and O–H groups in total. The average Bonchev–Trinajstić information content (AvgIpc) is 2.08. The predicted molar refractivity (Wildman–Crippen MR) is 53.3 cm³/mol. The van der Waals surface area contributed by atoms with Gasteiger partial charge in [-0.2, -0.15) is 0 Å². The molecule has 0 saturated heterocycles. The third-order valence-electron chi connectivity index (χ3n) is 0.988. The highest BCUT2D eigenvalue weighted by atomic mass is 16.4. The van der Waals surface area contributed by atoms with Crippen LogP contribution in [0.15, 0.2) is 0 Å². The lowest BCUT2D eigenvalue weighted by atomic mass is 10.2. The zero-order valence-corrected chi connectivity index (χ0v) is 9.02. The minimum atomic E-state index is -0.741. The molecule has 0 unspecified atom stereocenters. The molecule has 0 atom stereocenters. The van der Waals surface area contributed by atoms with E-state index in [4.69, 9.17) is 10.2 Å². The summed E-state index contributed by atoms with van der Waals surface area (Å²) in [6, 6.07) is 0. The summed E-state index contributed by atoms with van der Waals surface area (Å²) >= 11 is 0. The quantitative estimate of drug-likeness (QED) is 0.381. The van der Waals surface area contributed by atoms with Gasteiger partial charge >= 0.3 is 11.9 Å². The van der Waals surface area contributed by atoms with Gasteiger partial charge in [-0.1, -0.05) is 27.7 Å². The molecule has 6 heteroatoms. The van der Waals surface area contributed by atoms with Crippen molar-refractivity contribution < 1.29 is 19.8 Å². The summed E-state index contributed by atoms with van der Waals surface area (Å²) in [5.74, 6) is 6.06. The molecule has 14 heavy (non-hydrogen) atoms. The van der Waals surface area contributed by atoms with Gasteiger partial charge in [0.25, 0.3) is 0 Å². The minimum Gasteiger partial charge on any atom is -0.481 e. The Kier molecular flexibility index (Phi) is 15.8. The van der Waals surface area contributed by atoms with Crippen LogP contribution in [-0.4, -0.2) is 22.2 Å². The molecular weight excluding hydrogens is 188 g/mol. The Balaban J connectivity index is -0.000000147. The van der Waals surface area contributed by atoms with Crippen LogP contribution in [0, 0.1) is 11.8 Å². The number of nitrogens with two attached hydrogens (primary N) is 2. The molecule has 0 bridgehead atoms. The number of hydrazine groups is 1. The molecule has 0 amide bonds. The minimum absolute atomic E-state index is 0.231. The van der Waals surface area contributed by atoms with Crippen LogP contribution >= 0.6 is 0 Å². The van der Waals surface area contributed by atoms with Crippen molar-refractivity contribution in [2.24, 2.45) is 23.5 Å². The molecule has 0 aliphatic heterocycles. The molecule has 0 aromatic rings. The van der Waals surface area contributed by atoms with Crippen molar-refractivity contribution in [3.05, 3.63) is 0 Å². The van der Waals surface area contributed by atoms with E-state index in [2.05, 4.69) is 11.7 Å². The molecule has 0 heterocycles. The summed E-state index contributed by atoms with van der Waals surface area (Å²) in [5, 5.41) is 16.0. The maximum atomic E-state index is 9.70. The first kappa shape index (κ1) is 18.6. The maximum Gasteiger partial charge on any atom is 0.305 e. The Labute approximate surface area is 83.9 Å². The topological polar surface area (TPSA) is 127 Å². The molecular formula is C8H20N2O4. The number of aliphatic carboxylic acids is 2. The summed E-state index contributed by atoms with van der Waals surface area (Å²) in [4.78, 5) is 19.4. The van der Waals surface area contributed by atoms with Gasteiger partial charge in [0.05, 0.1) is 11.8 Å². The van der Waals surface area contributed by atoms with Crippen LogP contribution in [0.5, 0.6) is 0 Å². The first-order valence-electron chi connectivity index (χ1n) is 4.08. The zero-order chi connectivity index (χ0) is 12.3. The van der Waals surface area contributed by atoms with Gasteiger partial charge in [0.2, 0.25) is 0 Å². The average molecular weight is 208 g/mol. The van der Waals surface area contributed by atoms with Gasteiger partial charge in [-0.3, -0.25) is 21.3 Å². The van der Waals surface area contributed by atoms with E-state index in [0.29, 0.717) is 0 Å². The molecule has 0 aromatic carbocycles.